The Morgan fingerprint density at radius 2 is 1.76 bits per heavy atom. The number of ether oxygens (including phenoxy) is 1. The first-order valence-electron chi connectivity index (χ1n) is 10.2. The third-order valence-corrected chi connectivity index (χ3v) is 5.56. The van der Waals surface area contributed by atoms with Crippen molar-refractivity contribution in [1.29, 1.82) is 5.26 Å². The Hall–Kier alpha value is -3.26. The van der Waals surface area contributed by atoms with Crippen molar-refractivity contribution in [3.8, 4) is 11.8 Å². The van der Waals surface area contributed by atoms with E-state index in [9.17, 15) is 31.1 Å². The molecule has 0 spiro atoms. The van der Waals surface area contributed by atoms with Crippen molar-refractivity contribution in [3.63, 3.8) is 0 Å². The molecule has 5 nitrogen and oxygen atoms in total. The SMILES string of the molecule is CN(C)C(=O)c1ccc(OC[C@@H]2CC(c3ccc(C#N)c(C(F)(F)F)c3)[C@H](C(F)(F)F)N2)cc1. The Morgan fingerprint density at radius 1 is 1.12 bits per heavy atom. The predicted octanol–water partition coefficient (Wildman–Crippen LogP) is 4.73. The van der Waals surface area contributed by atoms with Gasteiger partial charge in [-0.15, -0.1) is 0 Å². The summed E-state index contributed by atoms with van der Waals surface area (Å²) in [6, 6.07) is 7.28. The molecule has 1 aliphatic heterocycles. The first kappa shape index (κ1) is 25.4. The molecule has 1 unspecified atom stereocenters. The Morgan fingerprint density at radius 3 is 2.29 bits per heavy atom. The molecule has 1 heterocycles. The molecule has 1 N–H and O–H groups in total. The smallest absolute Gasteiger partial charge is 0.417 e. The Bertz CT molecular complexity index is 1070. The Kier molecular flexibility index (Phi) is 7.12. The highest BCUT2D eigenvalue weighted by atomic mass is 19.4. The van der Waals surface area contributed by atoms with Crippen LogP contribution in [0, 0.1) is 11.3 Å². The minimum Gasteiger partial charge on any atom is -0.492 e. The van der Waals surface area contributed by atoms with E-state index in [0.29, 0.717) is 17.4 Å². The van der Waals surface area contributed by atoms with Crippen molar-refractivity contribution in [2.24, 2.45) is 0 Å². The highest BCUT2D eigenvalue weighted by Crippen LogP contribution is 2.42. The van der Waals surface area contributed by atoms with Crippen LogP contribution < -0.4 is 10.1 Å². The molecule has 3 rings (SSSR count). The first-order chi connectivity index (χ1) is 15.8. The number of nitrogens with one attached hydrogen (secondary N) is 1. The third-order valence-electron chi connectivity index (χ3n) is 5.56. The van der Waals surface area contributed by atoms with Crippen molar-refractivity contribution in [1.82, 2.24) is 10.2 Å². The quantitative estimate of drug-likeness (QED) is 0.622. The van der Waals surface area contributed by atoms with E-state index in [-0.39, 0.29) is 24.5 Å². The second-order valence-corrected chi connectivity index (χ2v) is 8.17. The van der Waals surface area contributed by atoms with Crippen LogP contribution in [0.25, 0.3) is 0 Å². The van der Waals surface area contributed by atoms with E-state index in [2.05, 4.69) is 5.32 Å². The van der Waals surface area contributed by atoms with E-state index in [4.69, 9.17) is 10.00 Å². The van der Waals surface area contributed by atoms with Gasteiger partial charge in [-0.1, -0.05) is 6.07 Å². The number of nitrogens with zero attached hydrogens (tertiary/aromatic N) is 2. The summed E-state index contributed by atoms with van der Waals surface area (Å²) in [5.74, 6) is -1.18. The molecule has 1 aliphatic rings. The van der Waals surface area contributed by atoms with Gasteiger partial charge in [-0.05, 0) is 48.4 Å². The van der Waals surface area contributed by atoms with Crippen molar-refractivity contribution >= 4 is 5.91 Å². The van der Waals surface area contributed by atoms with Crippen molar-refractivity contribution in [2.75, 3.05) is 20.7 Å². The summed E-state index contributed by atoms with van der Waals surface area (Å²) in [5, 5.41) is 11.4. The van der Waals surface area contributed by atoms with E-state index in [1.807, 2.05) is 0 Å². The highest BCUT2D eigenvalue weighted by Gasteiger charge is 2.51. The number of halogens is 6. The zero-order valence-corrected chi connectivity index (χ0v) is 18.2. The van der Waals surface area contributed by atoms with Crippen LogP contribution in [0.3, 0.4) is 0 Å². The van der Waals surface area contributed by atoms with E-state index in [1.165, 1.54) is 35.2 Å². The second kappa shape index (κ2) is 9.54. The summed E-state index contributed by atoms with van der Waals surface area (Å²) < 4.78 is 86.5. The molecule has 0 aromatic heterocycles. The van der Waals surface area contributed by atoms with E-state index in [0.717, 1.165) is 12.1 Å². The van der Waals surface area contributed by atoms with E-state index < -0.39 is 41.5 Å². The van der Waals surface area contributed by atoms with Crippen LogP contribution in [-0.4, -0.2) is 49.8 Å². The Balaban J connectivity index is 1.77. The average molecular weight is 485 g/mol. The fraction of sp³-hybridized carbons (Fsp3) is 0.391. The summed E-state index contributed by atoms with van der Waals surface area (Å²) in [6.07, 6.45) is -9.70. The number of carbonyl (C=O) groups excluding carboxylic acids is 1. The first-order valence-corrected chi connectivity index (χ1v) is 10.2. The molecule has 1 fully saturated rings. The van der Waals surface area contributed by atoms with Gasteiger partial charge in [0.15, 0.2) is 0 Å². The number of hydrogen-bond donors (Lipinski definition) is 1. The molecule has 2 aromatic rings. The molecule has 11 heteroatoms. The highest BCUT2D eigenvalue weighted by molar-refractivity contribution is 5.93. The number of carbonyl (C=O) groups is 1. The van der Waals surface area contributed by atoms with Gasteiger partial charge in [0.05, 0.1) is 17.2 Å². The molecule has 182 valence electrons. The van der Waals surface area contributed by atoms with E-state index in [1.54, 1.807) is 14.1 Å². The molecular weight excluding hydrogens is 464 g/mol. The number of rotatable bonds is 5. The molecule has 2 aromatic carbocycles. The molecule has 3 atom stereocenters. The van der Waals surface area contributed by atoms with Gasteiger partial charge in [-0.25, -0.2) is 0 Å². The van der Waals surface area contributed by atoms with Crippen LogP contribution >= 0.6 is 0 Å². The molecule has 0 saturated carbocycles. The average Bonchev–Trinajstić information content (AvgIpc) is 3.21. The second-order valence-electron chi connectivity index (χ2n) is 8.17. The number of nitriles is 1. The molecule has 0 bridgehead atoms. The number of benzene rings is 2. The maximum Gasteiger partial charge on any atom is 0.417 e. The monoisotopic (exact) mass is 485 g/mol. The summed E-state index contributed by atoms with van der Waals surface area (Å²) in [5.41, 5.74) is -1.66. The van der Waals surface area contributed by atoms with Gasteiger partial charge in [0.1, 0.15) is 18.4 Å². The number of amides is 1. The zero-order valence-electron chi connectivity index (χ0n) is 18.2. The lowest BCUT2D eigenvalue weighted by atomic mass is 9.88. The number of hydrogen-bond acceptors (Lipinski definition) is 4. The van der Waals surface area contributed by atoms with Crippen LogP contribution in [0.15, 0.2) is 42.5 Å². The standard InChI is InChI=1S/C23H21F6N3O2/c1-32(2)21(33)13-5-7-17(8-6-13)34-12-16-10-18(20(31-16)23(27,28)29)14-3-4-15(11-30)19(9-14)22(24,25)26/h3-9,16,18,20,31H,10,12H2,1-2H3/t16-,18?,20+/m0/s1. The molecule has 0 radical (unpaired) electrons. The lowest BCUT2D eigenvalue weighted by molar-refractivity contribution is -0.156. The third kappa shape index (κ3) is 5.62. The van der Waals surface area contributed by atoms with Gasteiger partial charge in [-0.2, -0.15) is 31.6 Å². The molecular formula is C23H21F6N3O2. The van der Waals surface area contributed by atoms with Crippen LogP contribution in [-0.2, 0) is 6.18 Å². The summed E-state index contributed by atoms with van der Waals surface area (Å²) >= 11 is 0. The van der Waals surface area contributed by atoms with Crippen LogP contribution in [0.1, 0.15) is 39.4 Å². The van der Waals surface area contributed by atoms with Gasteiger partial charge < -0.3 is 9.64 Å². The molecule has 1 saturated heterocycles. The maximum atomic E-state index is 13.7. The molecule has 0 aliphatic carbocycles. The van der Waals surface area contributed by atoms with Crippen LogP contribution in [0.2, 0.25) is 0 Å². The fourth-order valence-electron chi connectivity index (χ4n) is 3.92. The topological polar surface area (TPSA) is 65.4 Å². The summed E-state index contributed by atoms with van der Waals surface area (Å²) in [6.45, 7) is -0.160. The largest absolute Gasteiger partial charge is 0.492 e. The van der Waals surface area contributed by atoms with Crippen LogP contribution in [0.5, 0.6) is 5.75 Å². The van der Waals surface area contributed by atoms with Crippen molar-refractivity contribution in [2.45, 2.75) is 36.8 Å². The lowest BCUT2D eigenvalue weighted by Gasteiger charge is -2.23. The van der Waals surface area contributed by atoms with Gasteiger partial charge >= 0.3 is 12.4 Å². The molecule has 1 amide bonds. The van der Waals surface area contributed by atoms with Gasteiger partial charge in [0.2, 0.25) is 0 Å². The summed E-state index contributed by atoms with van der Waals surface area (Å²) in [4.78, 5) is 13.3. The number of alkyl halides is 6. The minimum atomic E-state index is -4.87. The van der Waals surface area contributed by atoms with Gasteiger partial charge in [0, 0.05) is 31.6 Å². The fourth-order valence-corrected chi connectivity index (χ4v) is 3.92. The van der Waals surface area contributed by atoms with Crippen LogP contribution in [0.4, 0.5) is 26.3 Å². The maximum absolute atomic E-state index is 13.7. The normalized spacial score (nSPS) is 20.6. The van der Waals surface area contributed by atoms with E-state index >= 15 is 0 Å². The van der Waals surface area contributed by atoms with Crippen molar-refractivity contribution in [3.05, 3.63) is 64.7 Å². The van der Waals surface area contributed by atoms with Gasteiger partial charge in [0.25, 0.3) is 5.91 Å². The van der Waals surface area contributed by atoms with Gasteiger partial charge in [-0.3, -0.25) is 10.1 Å². The Labute approximate surface area is 191 Å². The molecule has 34 heavy (non-hydrogen) atoms. The predicted molar refractivity (Wildman–Crippen MR) is 110 cm³/mol. The minimum absolute atomic E-state index is 0.120. The lowest BCUT2D eigenvalue weighted by Crippen LogP contribution is -2.44. The van der Waals surface area contributed by atoms with Crippen molar-refractivity contribution < 1.29 is 35.9 Å². The summed E-state index contributed by atoms with van der Waals surface area (Å²) in [7, 11) is 3.19. The zero-order chi connectivity index (χ0) is 25.3.